The minimum atomic E-state index is -3.99. The lowest BCUT2D eigenvalue weighted by molar-refractivity contribution is 0.367. The summed E-state index contributed by atoms with van der Waals surface area (Å²) in [6, 6.07) is 5.52. The summed E-state index contributed by atoms with van der Waals surface area (Å²) in [5.74, 6) is 0.432. The molecule has 0 amide bonds. The monoisotopic (exact) mass is 455 g/mol. The predicted octanol–water partition coefficient (Wildman–Crippen LogP) is 4.15. The number of nitrogens with zero attached hydrogens (tertiary/aromatic N) is 3. The summed E-state index contributed by atoms with van der Waals surface area (Å²) >= 11 is 6.82. The van der Waals surface area contributed by atoms with Crippen molar-refractivity contribution in [1.82, 2.24) is 14.8 Å². The first-order valence-corrected chi connectivity index (χ1v) is 9.77. The molecule has 1 heterocycles. The molecule has 0 radical (unpaired) electrons. The van der Waals surface area contributed by atoms with Crippen molar-refractivity contribution in [2.45, 2.75) is 31.5 Å². The van der Waals surface area contributed by atoms with Crippen LogP contribution in [0.25, 0.3) is 11.4 Å². The Morgan fingerprint density at radius 1 is 1.19 bits per heavy atom. The van der Waals surface area contributed by atoms with E-state index in [0.29, 0.717) is 5.82 Å². The molecule has 0 spiro atoms. The number of halogens is 3. The molecule has 0 bridgehead atoms. The van der Waals surface area contributed by atoms with Crippen molar-refractivity contribution in [3.8, 4) is 11.4 Å². The van der Waals surface area contributed by atoms with Gasteiger partial charge in [0.1, 0.15) is 0 Å². The van der Waals surface area contributed by atoms with Crippen molar-refractivity contribution in [1.29, 1.82) is 0 Å². The van der Waals surface area contributed by atoms with E-state index in [1.54, 1.807) is 0 Å². The van der Waals surface area contributed by atoms with Gasteiger partial charge in [-0.2, -0.15) is 0 Å². The fourth-order valence-electron chi connectivity index (χ4n) is 1.88. The fraction of sp³-hybridized carbons (Fsp3) is 0.333. The van der Waals surface area contributed by atoms with Crippen molar-refractivity contribution in [3.63, 3.8) is 0 Å². The predicted molar refractivity (Wildman–Crippen MR) is 88.9 cm³/mol. The Labute approximate surface area is 144 Å². The Kier molecular flexibility index (Phi) is 4.55. The minimum Gasteiger partial charge on any atom is -0.291 e. The van der Waals surface area contributed by atoms with Gasteiger partial charge in [0.05, 0.1) is 0 Å². The van der Waals surface area contributed by atoms with Crippen LogP contribution >= 0.6 is 42.5 Å². The van der Waals surface area contributed by atoms with Crippen LogP contribution in [0.15, 0.2) is 32.3 Å². The van der Waals surface area contributed by atoms with Crippen molar-refractivity contribution >= 4 is 51.6 Å². The van der Waals surface area contributed by atoms with Crippen molar-refractivity contribution < 1.29 is 8.42 Å². The Morgan fingerprint density at radius 2 is 1.81 bits per heavy atom. The highest BCUT2D eigenvalue weighted by Gasteiger charge is 2.30. The minimum absolute atomic E-state index is 0.263. The molecule has 1 aromatic heterocycles. The van der Waals surface area contributed by atoms with E-state index in [9.17, 15) is 8.42 Å². The van der Waals surface area contributed by atoms with Gasteiger partial charge in [-0.25, -0.2) is 8.42 Å². The standard InChI is InChI=1S/C12H12Br2ClN3O2S/c1-12(2,3)18-10(16-17-11(18)21(15,19)20)8-5-4-7(13)6-9(8)14/h4-6H,1-3H3. The van der Waals surface area contributed by atoms with Crippen molar-refractivity contribution in [2.75, 3.05) is 0 Å². The van der Waals surface area contributed by atoms with E-state index in [-0.39, 0.29) is 5.16 Å². The Balaban J connectivity index is 2.80. The third kappa shape index (κ3) is 3.49. The first kappa shape index (κ1) is 16.9. The summed E-state index contributed by atoms with van der Waals surface area (Å²) in [5, 5.41) is 7.51. The molecular weight excluding hydrogens is 445 g/mol. The third-order valence-corrected chi connectivity index (χ3v) is 4.96. The van der Waals surface area contributed by atoms with Crippen LogP contribution in [0.1, 0.15) is 20.8 Å². The zero-order chi connectivity index (χ0) is 16.0. The van der Waals surface area contributed by atoms with Crippen LogP contribution in [-0.4, -0.2) is 23.2 Å². The van der Waals surface area contributed by atoms with Gasteiger partial charge >= 0.3 is 0 Å². The van der Waals surface area contributed by atoms with Crippen LogP contribution in [0.4, 0.5) is 0 Å². The highest BCUT2D eigenvalue weighted by molar-refractivity contribution is 9.11. The number of hydrogen-bond acceptors (Lipinski definition) is 4. The second-order valence-electron chi connectivity index (χ2n) is 5.37. The largest absolute Gasteiger partial charge is 0.296 e. The van der Waals surface area contributed by atoms with Crippen LogP contribution in [-0.2, 0) is 14.6 Å². The molecule has 1 aromatic carbocycles. The van der Waals surface area contributed by atoms with Gasteiger partial charge in [-0.1, -0.05) is 15.9 Å². The molecule has 5 nitrogen and oxygen atoms in total. The maximum Gasteiger partial charge on any atom is 0.296 e. The molecule has 0 unspecified atom stereocenters. The summed E-state index contributed by atoms with van der Waals surface area (Å²) in [6.07, 6.45) is 0. The molecule has 21 heavy (non-hydrogen) atoms. The molecule has 0 aliphatic carbocycles. The molecule has 0 aliphatic heterocycles. The number of rotatable bonds is 2. The molecule has 2 rings (SSSR count). The fourth-order valence-corrected chi connectivity index (χ4v) is 4.12. The molecule has 2 aromatic rings. The molecule has 0 saturated heterocycles. The summed E-state index contributed by atoms with van der Waals surface area (Å²) in [4.78, 5) is 0. The van der Waals surface area contributed by atoms with Crippen LogP contribution < -0.4 is 0 Å². The van der Waals surface area contributed by atoms with E-state index in [0.717, 1.165) is 14.5 Å². The van der Waals surface area contributed by atoms with Crippen LogP contribution in [0.5, 0.6) is 0 Å². The molecule has 0 fully saturated rings. The number of hydrogen-bond donors (Lipinski definition) is 0. The average Bonchev–Trinajstić information content (AvgIpc) is 2.72. The van der Waals surface area contributed by atoms with E-state index >= 15 is 0 Å². The lowest BCUT2D eigenvalue weighted by Gasteiger charge is -2.24. The quantitative estimate of drug-likeness (QED) is 0.636. The maximum absolute atomic E-state index is 11.7. The third-order valence-electron chi connectivity index (χ3n) is 2.69. The summed E-state index contributed by atoms with van der Waals surface area (Å²) in [7, 11) is 1.48. The number of aromatic nitrogens is 3. The summed E-state index contributed by atoms with van der Waals surface area (Å²) in [6.45, 7) is 5.58. The molecule has 0 atom stereocenters. The van der Waals surface area contributed by atoms with Gasteiger partial charge in [0, 0.05) is 30.7 Å². The molecule has 0 saturated carbocycles. The molecule has 0 N–H and O–H groups in total. The van der Waals surface area contributed by atoms with Gasteiger partial charge in [0.15, 0.2) is 5.82 Å². The second kappa shape index (κ2) is 5.64. The van der Waals surface area contributed by atoms with Crippen molar-refractivity contribution in [3.05, 3.63) is 27.1 Å². The highest BCUT2D eigenvalue weighted by atomic mass is 79.9. The summed E-state index contributed by atoms with van der Waals surface area (Å²) < 4.78 is 26.6. The zero-order valence-electron chi connectivity index (χ0n) is 11.4. The van der Waals surface area contributed by atoms with E-state index in [2.05, 4.69) is 42.1 Å². The maximum atomic E-state index is 11.7. The van der Waals surface area contributed by atoms with E-state index in [4.69, 9.17) is 10.7 Å². The summed E-state index contributed by atoms with van der Waals surface area (Å²) in [5.41, 5.74) is 0.176. The van der Waals surface area contributed by atoms with Gasteiger partial charge < -0.3 is 0 Å². The number of benzene rings is 1. The Morgan fingerprint density at radius 3 is 2.29 bits per heavy atom. The lowest BCUT2D eigenvalue weighted by Crippen LogP contribution is -2.26. The van der Waals surface area contributed by atoms with Gasteiger partial charge in [-0.05, 0) is 54.9 Å². The highest BCUT2D eigenvalue weighted by Crippen LogP contribution is 2.34. The van der Waals surface area contributed by atoms with Crippen LogP contribution in [0.3, 0.4) is 0 Å². The average molecular weight is 458 g/mol. The van der Waals surface area contributed by atoms with Crippen molar-refractivity contribution in [2.24, 2.45) is 0 Å². The normalized spacial score (nSPS) is 12.7. The Bertz CT molecular complexity index is 797. The van der Waals surface area contributed by atoms with Crippen LogP contribution in [0, 0.1) is 0 Å². The van der Waals surface area contributed by atoms with Gasteiger partial charge in [0.2, 0.25) is 0 Å². The molecule has 9 heteroatoms. The van der Waals surface area contributed by atoms with E-state index in [1.807, 2.05) is 39.0 Å². The Hall–Kier alpha value is -0.440. The smallest absolute Gasteiger partial charge is 0.291 e. The van der Waals surface area contributed by atoms with Gasteiger partial charge in [0.25, 0.3) is 14.2 Å². The van der Waals surface area contributed by atoms with Gasteiger partial charge in [-0.3, -0.25) is 4.57 Å². The zero-order valence-corrected chi connectivity index (χ0v) is 16.2. The molecular formula is C12H12Br2ClN3O2S. The van der Waals surface area contributed by atoms with E-state index < -0.39 is 14.6 Å². The first-order chi connectivity index (χ1) is 9.51. The second-order valence-corrected chi connectivity index (χ2v) is 9.60. The topological polar surface area (TPSA) is 64.8 Å². The van der Waals surface area contributed by atoms with Crippen LogP contribution in [0.2, 0.25) is 0 Å². The SMILES string of the molecule is CC(C)(C)n1c(-c2ccc(Br)cc2Br)nnc1S(=O)(=O)Cl. The molecule has 0 aliphatic rings. The molecule has 114 valence electrons. The lowest BCUT2D eigenvalue weighted by atomic mass is 10.1. The first-order valence-electron chi connectivity index (χ1n) is 5.88. The van der Waals surface area contributed by atoms with Gasteiger partial charge in [-0.15, -0.1) is 10.2 Å². The van der Waals surface area contributed by atoms with E-state index in [1.165, 1.54) is 4.57 Å².